The smallest absolute Gasteiger partial charge is 0.164 e. The van der Waals surface area contributed by atoms with E-state index in [2.05, 4.69) is 9.97 Å². The van der Waals surface area contributed by atoms with Gasteiger partial charge in [-0.2, -0.15) is 0 Å². The molecule has 0 amide bonds. The van der Waals surface area contributed by atoms with Crippen LogP contribution in [-0.4, -0.2) is 49.7 Å². The van der Waals surface area contributed by atoms with Gasteiger partial charge >= 0.3 is 0 Å². The molecule has 4 atom stereocenters. The van der Waals surface area contributed by atoms with Gasteiger partial charge in [0, 0.05) is 6.20 Å². The van der Waals surface area contributed by atoms with Crippen LogP contribution in [0, 0.1) is 0 Å². The van der Waals surface area contributed by atoms with Gasteiger partial charge in [0.15, 0.2) is 6.23 Å². The van der Waals surface area contributed by atoms with E-state index in [9.17, 15) is 10.2 Å². The van der Waals surface area contributed by atoms with Crippen LogP contribution < -0.4 is 10.5 Å². The Labute approximate surface area is 166 Å². The summed E-state index contributed by atoms with van der Waals surface area (Å²) in [7, 11) is 0. The Bertz CT molecular complexity index is 1180. The standard InChI is InChI=1S/C21H20N4O4/c22-19-15-7-8-25(20(15)24-11-23-19)21-18(27)17(26)16(29-21)10-28-14-6-5-12-3-1-2-4-13(12)9-14/h1-9,11,16-18,21,26-27H,10H2,(H2,22,23,24)/t16-,17-,18-,21-/m1/s1. The van der Waals surface area contributed by atoms with E-state index in [1.54, 1.807) is 16.8 Å². The Balaban J connectivity index is 1.34. The summed E-state index contributed by atoms with van der Waals surface area (Å²) < 4.78 is 13.4. The first-order valence-electron chi connectivity index (χ1n) is 9.32. The Hall–Kier alpha value is -3.20. The molecule has 1 aliphatic rings. The highest BCUT2D eigenvalue weighted by molar-refractivity contribution is 5.86. The van der Waals surface area contributed by atoms with Gasteiger partial charge in [-0.05, 0) is 29.0 Å². The van der Waals surface area contributed by atoms with Gasteiger partial charge in [-0.15, -0.1) is 0 Å². The first-order valence-corrected chi connectivity index (χ1v) is 9.32. The van der Waals surface area contributed by atoms with E-state index in [0.29, 0.717) is 22.6 Å². The van der Waals surface area contributed by atoms with E-state index in [1.165, 1.54) is 6.33 Å². The minimum absolute atomic E-state index is 0.101. The molecule has 0 unspecified atom stereocenters. The van der Waals surface area contributed by atoms with Crippen LogP contribution in [0.25, 0.3) is 21.8 Å². The third-order valence-corrected chi connectivity index (χ3v) is 5.29. The molecule has 8 heteroatoms. The number of aliphatic hydroxyl groups excluding tert-OH is 2. The number of aliphatic hydroxyl groups is 2. The number of nitrogens with two attached hydrogens (primary N) is 1. The van der Waals surface area contributed by atoms with Crippen molar-refractivity contribution < 1.29 is 19.7 Å². The van der Waals surface area contributed by atoms with Gasteiger partial charge in [0.2, 0.25) is 0 Å². The molecule has 0 saturated carbocycles. The number of benzene rings is 2. The van der Waals surface area contributed by atoms with Gasteiger partial charge in [0.1, 0.15) is 48.5 Å². The summed E-state index contributed by atoms with van der Waals surface area (Å²) in [5.41, 5.74) is 6.40. The van der Waals surface area contributed by atoms with E-state index < -0.39 is 24.5 Å². The molecule has 8 nitrogen and oxygen atoms in total. The van der Waals surface area contributed by atoms with Crippen molar-refractivity contribution >= 4 is 27.6 Å². The zero-order valence-electron chi connectivity index (χ0n) is 15.4. The first kappa shape index (κ1) is 17.9. The van der Waals surface area contributed by atoms with Crippen LogP contribution in [0.1, 0.15) is 6.23 Å². The molecule has 3 heterocycles. The fraction of sp³-hybridized carbons (Fsp3) is 0.238. The van der Waals surface area contributed by atoms with Crippen molar-refractivity contribution in [2.75, 3.05) is 12.3 Å². The molecule has 1 fully saturated rings. The lowest BCUT2D eigenvalue weighted by Gasteiger charge is -2.17. The predicted octanol–water partition coefficient (Wildman–Crippen LogP) is 1.86. The summed E-state index contributed by atoms with van der Waals surface area (Å²) in [5.74, 6) is 1.02. The average molecular weight is 392 g/mol. The monoisotopic (exact) mass is 392 g/mol. The molecule has 2 aromatic heterocycles. The van der Waals surface area contributed by atoms with E-state index >= 15 is 0 Å². The molecule has 29 heavy (non-hydrogen) atoms. The van der Waals surface area contributed by atoms with Gasteiger partial charge in [-0.25, -0.2) is 9.97 Å². The molecule has 0 radical (unpaired) electrons. The van der Waals surface area contributed by atoms with Crippen LogP contribution >= 0.6 is 0 Å². The van der Waals surface area contributed by atoms with E-state index in [4.69, 9.17) is 15.2 Å². The lowest BCUT2D eigenvalue weighted by molar-refractivity contribution is -0.0471. The number of nitrogen functional groups attached to an aromatic ring is 1. The highest BCUT2D eigenvalue weighted by atomic mass is 16.6. The Morgan fingerprint density at radius 1 is 1.03 bits per heavy atom. The molecule has 4 aromatic rings. The number of rotatable bonds is 4. The number of nitrogens with zero attached hydrogens (tertiary/aromatic N) is 3. The van der Waals surface area contributed by atoms with Crippen LogP contribution in [0.4, 0.5) is 5.82 Å². The Morgan fingerprint density at radius 2 is 1.86 bits per heavy atom. The molecular formula is C21H20N4O4. The Kier molecular flexibility index (Phi) is 4.31. The van der Waals surface area contributed by atoms with Gasteiger partial charge in [0.25, 0.3) is 0 Å². The van der Waals surface area contributed by atoms with Gasteiger partial charge in [0.05, 0.1) is 5.39 Å². The maximum absolute atomic E-state index is 10.5. The molecular weight excluding hydrogens is 372 g/mol. The van der Waals surface area contributed by atoms with Gasteiger partial charge in [-0.1, -0.05) is 30.3 Å². The van der Waals surface area contributed by atoms with Crippen molar-refractivity contribution in [1.82, 2.24) is 14.5 Å². The fourth-order valence-corrected chi connectivity index (χ4v) is 3.73. The summed E-state index contributed by atoms with van der Waals surface area (Å²) in [4.78, 5) is 8.18. The van der Waals surface area contributed by atoms with Gasteiger partial charge < -0.3 is 30.0 Å². The highest BCUT2D eigenvalue weighted by Gasteiger charge is 2.44. The molecule has 0 spiro atoms. The summed E-state index contributed by atoms with van der Waals surface area (Å²) >= 11 is 0. The molecule has 2 aromatic carbocycles. The van der Waals surface area contributed by atoms with E-state index in [-0.39, 0.29) is 6.61 Å². The van der Waals surface area contributed by atoms with Crippen LogP contribution in [-0.2, 0) is 4.74 Å². The van der Waals surface area contributed by atoms with Crippen molar-refractivity contribution in [2.45, 2.75) is 24.5 Å². The van der Waals surface area contributed by atoms with E-state index in [1.807, 2.05) is 42.5 Å². The average Bonchev–Trinajstić information content (AvgIpc) is 3.29. The number of hydrogen-bond donors (Lipinski definition) is 3. The second-order valence-electron chi connectivity index (χ2n) is 7.09. The Morgan fingerprint density at radius 3 is 2.72 bits per heavy atom. The molecule has 1 aliphatic heterocycles. The second-order valence-corrected chi connectivity index (χ2v) is 7.09. The number of hydrogen-bond acceptors (Lipinski definition) is 7. The molecule has 4 N–H and O–H groups in total. The quantitative estimate of drug-likeness (QED) is 0.485. The van der Waals surface area contributed by atoms with Crippen molar-refractivity contribution in [1.29, 1.82) is 0 Å². The topological polar surface area (TPSA) is 116 Å². The zero-order chi connectivity index (χ0) is 20.0. The minimum Gasteiger partial charge on any atom is -0.491 e. The lowest BCUT2D eigenvalue weighted by Crippen LogP contribution is -2.34. The molecule has 0 bridgehead atoms. The third kappa shape index (κ3) is 3.07. The highest BCUT2D eigenvalue weighted by Crippen LogP contribution is 2.33. The number of anilines is 1. The van der Waals surface area contributed by atoms with Gasteiger partial charge in [-0.3, -0.25) is 0 Å². The number of fused-ring (bicyclic) bond motifs is 2. The van der Waals surface area contributed by atoms with Crippen molar-refractivity contribution in [3.8, 4) is 5.75 Å². The van der Waals surface area contributed by atoms with E-state index in [0.717, 1.165) is 10.8 Å². The van der Waals surface area contributed by atoms with Crippen LogP contribution in [0.3, 0.4) is 0 Å². The molecule has 0 aliphatic carbocycles. The summed E-state index contributed by atoms with van der Waals surface area (Å²) in [6.45, 7) is 0.101. The predicted molar refractivity (Wildman–Crippen MR) is 107 cm³/mol. The van der Waals surface area contributed by atoms with Crippen LogP contribution in [0.15, 0.2) is 61.1 Å². The van der Waals surface area contributed by atoms with Crippen LogP contribution in [0.2, 0.25) is 0 Å². The normalized spacial score (nSPS) is 24.3. The molecule has 1 saturated heterocycles. The lowest BCUT2D eigenvalue weighted by atomic mass is 10.1. The maximum atomic E-state index is 10.5. The largest absolute Gasteiger partial charge is 0.491 e. The number of ether oxygens (including phenoxy) is 2. The van der Waals surface area contributed by atoms with Crippen LogP contribution in [0.5, 0.6) is 5.75 Å². The minimum atomic E-state index is -1.13. The molecule has 5 rings (SSSR count). The second kappa shape index (κ2) is 7.00. The summed E-state index contributed by atoms with van der Waals surface area (Å²) in [6, 6.07) is 15.5. The van der Waals surface area contributed by atoms with Crippen molar-refractivity contribution in [2.24, 2.45) is 0 Å². The summed E-state index contributed by atoms with van der Waals surface area (Å²) in [5, 5.41) is 23.9. The number of aromatic nitrogens is 3. The third-order valence-electron chi connectivity index (χ3n) is 5.29. The maximum Gasteiger partial charge on any atom is 0.164 e. The van der Waals surface area contributed by atoms with Crippen molar-refractivity contribution in [3.05, 3.63) is 61.1 Å². The summed E-state index contributed by atoms with van der Waals surface area (Å²) in [6.07, 6.45) is -0.668. The fourth-order valence-electron chi connectivity index (χ4n) is 3.73. The molecule has 148 valence electrons. The van der Waals surface area contributed by atoms with Crippen molar-refractivity contribution in [3.63, 3.8) is 0 Å². The first-order chi connectivity index (χ1) is 14.1. The SMILES string of the molecule is Nc1ncnc2c1ccn2[C@@H]1O[C@H](COc2ccc3ccccc3c2)[C@@H](O)[C@H]1O. The zero-order valence-corrected chi connectivity index (χ0v) is 15.4.